The predicted octanol–water partition coefficient (Wildman–Crippen LogP) is 3.24. The number of rotatable bonds is 5. The summed E-state index contributed by atoms with van der Waals surface area (Å²) in [6.45, 7) is 5.23. The van der Waals surface area contributed by atoms with Gasteiger partial charge in [0.2, 0.25) is 15.9 Å². The summed E-state index contributed by atoms with van der Waals surface area (Å²) < 4.78 is 38.6. The van der Waals surface area contributed by atoms with Crippen LogP contribution in [-0.4, -0.2) is 26.6 Å². The first kappa shape index (κ1) is 18.9. The van der Waals surface area contributed by atoms with Gasteiger partial charge in [-0.1, -0.05) is 6.07 Å². The number of halogens is 1. The van der Waals surface area contributed by atoms with Gasteiger partial charge in [0.15, 0.2) is 0 Å². The van der Waals surface area contributed by atoms with Gasteiger partial charge in [0.05, 0.1) is 11.9 Å². The van der Waals surface area contributed by atoms with Gasteiger partial charge in [-0.25, -0.2) is 12.8 Å². The Bertz CT molecular complexity index is 859. The maximum Gasteiger partial charge on any atom is 0.247 e. The molecule has 25 heavy (non-hydrogen) atoms. The number of carbonyl (C=O) groups is 1. The largest absolute Gasteiger partial charge is 0.324 e. The molecule has 2 rings (SSSR count). The molecule has 0 spiro atoms. The van der Waals surface area contributed by atoms with Crippen molar-refractivity contribution in [3.05, 3.63) is 59.4 Å². The Kier molecular flexibility index (Phi) is 5.47. The fourth-order valence-electron chi connectivity index (χ4n) is 2.67. The quantitative estimate of drug-likeness (QED) is 0.886. The Morgan fingerprint density at radius 2 is 1.60 bits per heavy atom. The normalized spacial score (nSPS) is 12.5. The van der Waals surface area contributed by atoms with Gasteiger partial charge in [0, 0.05) is 5.69 Å². The van der Waals surface area contributed by atoms with Crippen molar-refractivity contribution < 1.29 is 17.6 Å². The highest BCUT2D eigenvalue weighted by Crippen LogP contribution is 2.24. The zero-order chi connectivity index (χ0) is 18.8. The highest BCUT2D eigenvalue weighted by molar-refractivity contribution is 7.92. The Morgan fingerprint density at radius 1 is 1.08 bits per heavy atom. The van der Waals surface area contributed by atoms with Gasteiger partial charge in [-0.3, -0.25) is 9.10 Å². The molecule has 134 valence electrons. The molecule has 0 saturated heterocycles. The third-order valence-corrected chi connectivity index (χ3v) is 4.90. The van der Waals surface area contributed by atoms with E-state index in [0.29, 0.717) is 11.4 Å². The molecular formula is C18H21FN2O3S. The molecule has 1 N–H and O–H groups in total. The summed E-state index contributed by atoms with van der Waals surface area (Å²) in [5.41, 5.74) is 2.62. The zero-order valence-electron chi connectivity index (χ0n) is 14.6. The SMILES string of the molecule is Cc1cc(C)cc(N([C@@H](C)C(=O)Nc2ccc(F)cc2)S(C)(=O)=O)c1. The maximum atomic E-state index is 13.0. The lowest BCUT2D eigenvalue weighted by molar-refractivity contribution is -0.116. The van der Waals surface area contributed by atoms with E-state index >= 15 is 0 Å². The number of hydrogen-bond donors (Lipinski definition) is 1. The molecule has 5 nitrogen and oxygen atoms in total. The van der Waals surface area contributed by atoms with Gasteiger partial charge in [-0.05, 0) is 68.3 Å². The molecule has 0 saturated carbocycles. The number of hydrogen-bond acceptors (Lipinski definition) is 3. The predicted molar refractivity (Wildman–Crippen MR) is 97.7 cm³/mol. The summed E-state index contributed by atoms with van der Waals surface area (Å²) >= 11 is 0. The second kappa shape index (κ2) is 7.23. The van der Waals surface area contributed by atoms with Crippen LogP contribution in [0.1, 0.15) is 18.1 Å². The lowest BCUT2D eigenvalue weighted by Crippen LogP contribution is -2.45. The zero-order valence-corrected chi connectivity index (χ0v) is 15.4. The van der Waals surface area contributed by atoms with Gasteiger partial charge < -0.3 is 5.32 Å². The van der Waals surface area contributed by atoms with Crippen LogP contribution in [0.25, 0.3) is 0 Å². The number of aryl methyl sites for hydroxylation is 2. The molecule has 0 aliphatic rings. The monoisotopic (exact) mass is 364 g/mol. The fraction of sp³-hybridized carbons (Fsp3) is 0.278. The molecule has 1 atom stereocenters. The first-order chi connectivity index (χ1) is 11.6. The number of benzene rings is 2. The fourth-order valence-corrected chi connectivity index (χ4v) is 3.83. The van der Waals surface area contributed by atoms with Crippen LogP contribution < -0.4 is 9.62 Å². The van der Waals surface area contributed by atoms with Crippen molar-refractivity contribution in [1.82, 2.24) is 0 Å². The van der Waals surface area contributed by atoms with Gasteiger partial charge in [-0.15, -0.1) is 0 Å². The van der Waals surface area contributed by atoms with Crippen molar-refractivity contribution in [3.8, 4) is 0 Å². The Labute approximate surface area is 147 Å². The van der Waals surface area contributed by atoms with E-state index in [-0.39, 0.29) is 0 Å². The van der Waals surface area contributed by atoms with Crippen LogP contribution >= 0.6 is 0 Å². The molecule has 0 heterocycles. The summed E-state index contributed by atoms with van der Waals surface area (Å²) in [7, 11) is -3.68. The van der Waals surface area contributed by atoms with Gasteiger partial charge in [0.25, 0.3) is 0 Å². The maximum absolute atomic E-state index is 13.0. The van der Waals surface area contributed by atoms with E-state index < -0.39 is 27.8 Å². The minimum Gasteiger partial charge on any atom is -0.324 e. The molecule has 2 aromatic rings. The molecule has 0 radical (unpaired) electrons. The molecule has 0 aliphatic carbocycles. The number of amides is 1. The van der Waals surface area contributed by atoms with Crippen molar-refractivity contribution in [2.45, 2.75) is 26.8 Å². The number of nitrogens with one attached hydrogen (secondary N) is 1. The highest BCUT2D eigenvalue weighted by atomic mass is 32.2. The molecule has 0 aliphatic heterocycles. The smallest absolute Gasteiger partial charge is 0.247 e. The molecule has 0 unspecified atom stereocenters. The Hall–Kier alpha value is -2.41. The third-order valence-electron chi connectivity index (χ3n) is 3.66. The van der Waals surface area contributed by atoms with E-state index in [1.54, 1.807) is 12.1 Å². The van der Waals surface area contributed by atoms with Crippen molar-refractivity contribution in [1.29, 1.82) is 0 Å². The van der Waals surface area contributed by atoms with Crippen molar-refractivity contribution in [2.75, 3.05) is 15.9 Å². The van der Waals surface area contributed by atoms with Crippen LogP contribution in [0.15, 0.2) is 42.5 Å². The lowest BCUT2D eigenvalue weighted by Gasteiger charge is -2.28. The van der Waals surface area contributed by atoms with Crippen LogP contribution in [0.4, 0.5) is 15.8 Å². The summed E-state index contributed by atoms with van der Waals surface area (Å²) in [5, 5.41) is 2.61. The first-order valence-electron chi connectivity index (χ1n) is 7.72. The molecular weight excluding hydrogens is 343 g/mol. The highest BCUT2D eigenvalue weighted by Gasteiger charge is 2.29. The van der Waals surface area contributed by atoms with E-state index in [4.69, 9.17) is 0 Å². The van der Waals surface area contributed by atoms with Crippen LogP contribution in [0, 0.1) is 19.7 Å². The number of carbonyl (C=O) groups excluding carboxylic acids is 1. The van der Waals surface area contributed by atoms with Crippen LogP contribution in [0.2, 0.25) is 0 Å². The summed E-state index contributed by atoms with van der Waals surface area (Å²) in [4.78, 5) is 12.5. The molecule has 0 bridgehead atoms. The second-order valence-electron chi connectivity index (χ2n) is 6.08. The molecule has 2 aromatic carbocycles. The third kappa shape index (κ3) is 4.79. The molecule has 7 heteroatoms. The summed E-state index contributed by atoms with van der Waals surface area (Å²) in [6.07, 6.45) is 1.06. The van der Waals surface area contributed by atoms with E-state index in [1.807, 2.05) is 19.9 Å². The van der Waals surface area contributed by atoms with Gasteiger partial charge in [-0.2, -0.15) is 0 Å². The average molecular weight is 364 g/mol. The average Bonchev–Trinajstić information content (AvgIpc) is 2.47. The number of anilines is 2. The van der Waals surface area contributed by atoms with E-state index in [0.717, 1.165) is 21.7 Å². The lowest BCUT2D eigenvalue weighted by atomic mass is 10.1. The van der Waals surface area contributed by atoms with Crippen molar-refractivity contribution >= 4 is 27.3 Å². The molecule has 0 aromatic heterocycles. The second-order valence-corrected chi connectivity index (χ2v) is 7.94. The van der Waals surface area contributed by atoms with Gasteiger partial charge >= 0.3 is 0 Å². The molecule has 0 fully saturated rings. The summed E-state index contributed by atoms with van der Waals surface area (Å²) in [6, 6.07) is 9.67. The van der Waals surface area contributed by atoms with Crippen molar-refractivity contribution in [2.24, 2.45) is 0 Å². The standard InChI is InChI=1S/C18H21FN2O3S/c1-12-9-13(2)11-17(10-12)21(25(4,23)24)14(3)18(22)20-16-7-5-15(19)6-8-16/h5-11,14H,1-4H3,(H,20,22)/t14-/m0/s1. The summed E-state index contributed by atoms with van der Waals surface area (Å²) in [5.74, 6) is -0.921. The topological polar surface area (TPSA) is 66.5 Å². The van der Waals surface area contributed by atoms with Crippen LogP contribution in [0.5, 0.6) is 0 Å². The van der Waals surface area contributed by atoms with Gasteiger partial charge in [0.1, 0.15) is 11.9 Å². The molecule has 1 amide bonds. The number of sulfonamides is 1. The van der Waals surface area contributed by atoms with E-state index in [2.05, 4.69) is 5.32 Å². The van der Waals surface area contributed by atoms with Crippen molar-refractivity contribution in [3.63, 3.8) is 0 Å². The number of nitrogens with zero attached hydrogens (tertiary/aromatic N) is 1. The minimum atomic E-state index is -3.68. The van der Waals surface area contributed by atoms with Crippen LogP contribution in [-0.2, 0) is 14.8 Å². The van der Waals surface area contributed by atoms with Crippen LogP contribution in [0.3, 0.4) is 0 Å². The van der Waals surface area contributed by atoms with E-state index in [9.17, 15) is 17.6 Å². The first-order valence-corrected chi connectivity index (χ1v) is 9.57. The minimum absolute atomic E-state index is 0.395. The Balaban J connectivity index is 2.34. The van der Waals surface area contributed by atoms with E-state index in [1.165, 1.54) is 31.2 Å². The Morgan fingerprint density at radius 3 is 2.08 bits per heavy atom.